The fourth-order valence-corrected chi connectivity index (χ4v) is 2.24. The van der Waals surface area contributed by atoms with Gasteiger partial charge in [0.2, 0.25) is 0 Å². The van der Waals surface area contributed by atoms with Crippen molar-refractivity contribution in [1.82, 2.24) is 4.73 Å². The summed E-state index contributed by atoms with van der Waals surface area (Å²) in [6.07, 6.45) is 0. The molecular weight excluding hydrogens is 284 g/mol. The van der Waals surface area contributed by atoms with Crippen LogP contribution in [0.2, 0.25) is 0 Å². The number of para-hydroxylation sites is 3. The van der Waals surface area contributed by atoms with E-state index in [1.54, 1.807) is 48.5 Å². The summed E-state index contributed by atoms with van der Waals surface area (Å²) in [5, 5.41) is 12.9. The quantitative estimate of drug-likeness (QED) is 0.484. The number of rotatable bonds is 2. The molecule has 0 atom stereocenters. The van der Waals surface area contributed by atoms with Crippen LogP contribution in [0, 0.1) is 4.91 Å². The van der Waals surface area contributed by atoms with Crippen molar-refractivity contribution in [3.8, 4) is 0 Å². The topological polar surface area (TPSA) is 105 Å². The van der Waals surface area contributed by atoms with Crippen LogP contribution < -0.4 is 15.5 Å². The summed E-state index contributed by atoms with van der Waals surface area (Å²) in [5.41, 5.74) is 4.40. The van der Waals surface area contributed by atoms with Crippen LogP contribution in [0.5, 0.6) is 0 Å². The van der Waals surface area contributed by atoms with Crippen LogP contribution in [0.4, 0.5) is 11.5 Å². The van der Waals surface area contributed by atoms with Crippen LogP contribution >= 0.6 is 0 Å². The maximum Gasteiger partial charge on any atom is 0.451 e. The number of amides is 1. The van der Waals surface area contributed by atoms with Gasteiger partial charge in [0.1, 0.15) is 4.43 Å². The third-order valence-electron chi connectivity index (χ3n) is 3.31. The second-order valence-electron chi connectivity index (χ2n) is 4.71. The molecular formula is C15H14N4O3+2. The lowest BCUT2D eigenvalue weighted by Gasteiger charge is -2.07. The van der Waals surface area contributed by atoms with Crippen molar-refractivity contribution in [2.24, 2.45) is 0 Å². The highest BCUT2D eigenvalue weighted by Crippen LogP contribution is 2.15. The molecule has 2 aromatic carbocycles. The largest absolute Gasteiger partial charge is 0.451 e. The predicted octanol–water partition coefficient (Wildman–Crippen LogP) is 0.919. The lowest BCUT2D eigenvalue weighted by molar-refractivity contribution is -0.537. The summed E-state index contributed by atoms with van der Waals surface area (Å²) < 4.78 is 1.21. The first-order valence-electron chi connectivity index (χ1n) is 6.57. The second-order valence-corrected chi connectivity index (χ2v) is 4.71. The molecule has 7 heteroatoms. The van der Waals surface area contributed by atoms with Crippen molar-refractivity contribution >= 4 is 28.4 Å². The monoisotopic (exact) mass is 298 g/mol. The standard InChI is InChI=1S/C15H12N4O3/c16-14-13(15(20)17-10-6-2-1-3-7-10)18(21)11-8-4-5-9-12(11)19(14)22/h1-9,21H,(H2-,16,17,20)/p+2. The van der Waals surface area contributed by atoms with Crippen LogP contribution in [-0.4, -0.2) is 15.8 Å². The van der Waals surface area contributed by atoms with E-state index < -0.39 is 5.91 Å². The number of quaternary nitrogens is 1. The van der Waals surface area contributed by atoms with Gasteiger partial charge in [-0.3, -0.25) is 10.5 Å². The SMILES string of the molecule is [NH3+]c1c(C(=O)Nc2ccccc2)n(O)c2ccccc2[n+]1=O. The molecule has 0 saturated carbocycles. The molecule has 110 valence electrons. The first-order valence-corrected chi connectivity index (χ1v) is 6.57. The van der Waals surface area contributed by atoms with E-state index in [1.807, 2.05) is 6.07 Å². The van der Waals surface area contributed by atoms with E-state index in [0.717, 1.165) is 0 Å². The molecule has 1 aromatic heterocycles. The molecule has 0 bridgehead atoms. The molecule has 0 aliphatic carbocycles. The van der Waals surface area contributed by atoms with E-state index in [4.69, 9.17) is 0 Å². The number of carbonyl (C=O) groups is 1. The van der Waals surface area contributed by atoms with E-state index >= 15 is 0 Å². The lowest BCUT2D eigenvalue weighted by atomic mass is 10.2. The minimum atomic E-state index is -0.617. The van der Waals surface area contributed by atoms with E-state index in [1.165, 1.54) is 0 Å². The average Bonchev–Trinajstić information content (AvgIpc) is 2.54. The van der Waals surface area contributed by atoms with Gasteiger partial charge in [0, 0.05) is 16.7 Å². The highest BCUT2D eigenvalue weighted by Gasteiger charge is 2.30. The molecule has 3 aromatic rings. The van der Waals surface area contributed by atoms with Gasteiger partial charge in [0.15, 0.2) is 5.52 Å². The van der Waals surface area contributed by atoms with Crippen LogP contribution in [0.3, 0.4) is 0 Å². The zero-order chi connectivity index (χ0) is 15.7. The van der Waals surface area contributed by atoms with Gasteiger partial charge in [-0.25, -0.2) is 0 Å². The first-order chi connectivity index (χ1) is 10.6. The normalized spacial score (nSPS) is 10.6. The number of benzene rings is 2. The molecule has 0 unspecified atom stereocenters. The zero-order valence-electron chi connectivity index (χ0n) is 11.6. The van der Waals surface area contributed by atoms with Crippen molar-refractivity contribution < 1.29 is 20.2 Å². The average molecular weight is 298 g/mol. The Kier molecular flexibility index (Phi) is 3.32. The summed E-state index contributed by atoms with van der Waals surface area (Å²) in [5.74, 6) is -0.747. The maximum atomic E-state index is 12.4. The summed E-state index contributed by atoms with van der Waals surface area (Å²) in [7, 11) is 0. The highest BCUT2D eigenvalue weighted by atomic mass is 16.5. The van der Waals surface area contributed by atoms with E-state index in [2.05, 4.69) is 11.1 Å². The summed E-state index contributed by atoms with van der Waals surface area (Å²) in [6, 6.07) is 15.2. The Balaban J connectivity index is 2.15. The molecule has 1 heterocycles. The molecule has 1 amide bonds. The molecule has 22 heavy (non-hydrogen) atoms. The fraction of sp³-hybridized carbons (Fsp3) is 0. The van der Waals surface area contributed by atoms with Gasteiger partial charge in [-0.05, 0) is 18.2 Å². The van der Waals surface area contributed by atoms with E-state index in [-0.39, 0.29) is 22.5 Å². The minimum absolute atomic E-state index is 0.130. The number of fused-ring (bicyclic) bond motifs is 1. The Labute approximate surface area is 124 Å². The van der Waals surface area contributed by atoms with Gasteiger partial charge in [0.05, 0.1) is 0 Å². The van der Waals surface area contributed by atoms with Crippen molar-refractivity contribution in [3.05, 3.63) is 65.2 Å². The molecule has 5 N–H and O–H groups in total. The predicted molar refractivity (Wildman–Crippen MR) is 79.4 cm³/mol. The number of hydrogen-bond donors (Lipinski definition) is 3. The summed E-state index contributed by atoms with van der Waals surface area (Å²) in [4.78, 5) is 24.6. The van der Waals surface area contributed by atoms with E-state index in [0.29, 0.717) is 14.8 Å². The Morgan fingerprint density at radius 2 is 1.73 bits per heavy atom. The minimum Gasteiger partial charge on any atom is -0.427 e. The van der Waals surface area contributed by atoms with Gasteiger partial charge >= 0.3 is 5.82 Å². The van der Waals surface area contributed by atoms with Crippen molar-refractivity contribution in [2.75, 3.05) is 5.32 Å². The molecule has 0 radical (unpaired) electrons. The van der Waals surface area contributed by atoms with Gasteiger partial charge in [-0.1, -0.05) is 30.3 Å². The fourth-order valence-electron chi connectivity index (χ4n) is 2.24. The van der Waals surface area contributed by atoms with Crippen molar-refractivity contribution in [2.45, 2.75) is 0 Å². The first kappa shape index (κ1) is 13.8. The number of nitrogens with one attached hydrogen (secondary N) is 1. The van der Waals surface area contributed by atoms with Crippen molar-refractivity contribution in [1.29, 1.82) is 0 Å². The van der Waals surface area contributed by atoms with Crippen LogP contribution in [0.15, 0.2) is 54.6 Å². The zero-order valence-corrected chi connectivity index (χ0v) is 11.6. The van der Waals surface area contributed by atoms with Crippen LogP contribution in [0.25, 0.3) is 11.0 Å². The number of nitrogens with zero attached hydrogens (tertiary/aromatic N) is 2. The number of hydrogen-bond acceptors (Lipinski definition) is 3. The highest BCUT2D eigenvalue weighted by molar-refractivity contribution is 6.05. The third-order valence-corrected chi connectivity index (χ3v) is 3.31. The number of carbonyl (C=O) groups excluding carboxylic acids is 1. The second kappa shape index (κ2) is 5.30. The van der Waals surface area contributed by atoms with Gasteiger partial charge < -0.3 is 10.5 Å². The van der Waals surface area contributed by atoms with Gasteiger partial charge in [0.25, 0.3) is 17.1 Å². The smallest absolute Gasteiger partial charge is 0.427 e. The Bertz CT molecular complexity index is 919. The molecule has 0 fully saturated rings. The molecule has 7 nitrogen and oxygen atoms in total. The van der Waals surface area contributed by atoms with Gasteiger partial charge in [-0.2, -0.15) is 4.73 Å². The molecule has 0 saturated heterocycles. The Hall–Kier alpha value is -3.19. The molecule has 0 aliphatic rings. The third kappa shape index (κ3) is 2.19. The molecule has 0 spiro atoms. The van der Waals surface area contributed by atoms with Gasteiger partial charge in [-0.15, -0.1) is 0 Å². The Morgan fingerprint density at radius 3 is 2.45 bits per heavy atom. The van der Waals surface area contributed by atoms with Crippen LogP contribution in [0.1, 0.15) is 10.5 Å². The molecule has 3 rings (SSSR count). The summed E-state index contributed by atoms with van der Waals surface area (Å²) >= 11 is 0. The number of aromatic nitrogens is 2. The van der Waals surface area contributed by atoms with Crippen LogP contribution in [-0.2, 0) is 0 Å². The molecule has 0 aliphatic heterocycles. The Morgan fingerprint density at radius 1 is 1.09 bits per heavy atom. The van der Waals surface area contributed by atoms with E-state index in [9.17, 15) is 14.9 Å². The van der Waals surface area contributed by atoms with Crippen molar-refractivity contribution in [3.63, 3.8) is 0 Å². The summed E-state index contributed by atoms with van der Waals surface area (Å²) in [6.45, 7) is 0. The lowest BCUT2D eigenvalue weighted by Crippen LogP contribution is -2.52. The maximum absolute atomic E-state index is 12.4. The number of anilines is 1.